The van der Waals surface area contributed by atoms with E-state index in [1.165, 1.54) is 0 Å². The topological polar surface area (TPSA) is 43.7 Å². The highest BCUT2D eigenvalue weighted by atomic mass is 16.3. The summed E-state index contributed by atoms with van der Waals surface area (Å²) in [6.45, 7) is 5.90. The zero-order valence-corrected chi connectivity index (χ0v) is 9.46. The molecule has 0 aromatic rings. The molecule has 0 aliphatic carbocycles. The Morgan fingerprint density at radius 3 is 1.85 bits per heavy atom. The highest BCUT2D eigenvalue weighted by Gasteiger charge is 2.36. The van der Waals surface area contributed by atoms with Crippen molar-refractivity contribution in [2.75, 3.05) is 20.6 Å². The average Bonchev–Trinajstić information content (AvgIpc) is 1.82. The lowest BCUT2D eigenvalue weighted by Crippen LogP contribution is -2.47. The maximum atomic E-state index is 9.90. The molecule has 0 aliphatic heterocycles. The number of hydrogen-bond donors (Lipinski definition) is 2. The van der Waals surface area contributed by atoms with Crippen molar-refractivity contribution in [3.8, 4) is 0 Å². The van der Waals surface area contributed by atoms with Crippen LogP contribution in [0.3, 0.4) is 0 Å². The van der Waals surface area contributed by atoms with Gasteiger partial charge >= 0.3 is 0 Å². The van der Waals surface area contributed by atoms with E-state index in [0.29, 0.717) is 6.42 Å². The van der Waals surface area contributed by atoms with E-state index in [9.17, 15) is 10.2 Å². The molecule has 0 aliphatic rings. The Labute approximate surface area is 81.4 Å². The van der Waals surface area contributed by atoms with Crippen molar-refractivity contribution in [2.24, 2.45) is 0 Å². The maximum Gasteiger partial charge on any atom is 0.0900 e. The third-order valence-corrected chi connectivity index (χ3v) is 2.59. The monoisotopic (exact) mass is 189 g/mol. The van der Waals surface area contributed by atoms with Crippen molar-refractivity contribution in [3.05, 3.63) is 0 Å². The Bertz CT molecular complexity index is 147. The molecule has 0 aromatic carbocycles. The van der Waals surface area contributed by atoms with Crippen LogP contribution in [0.2, 0.25) is 0 Å². The van der Waals surface area contributed by atoms with Crippen molar-refractivity contribution in [1.29, 1.82) is 0 Å². The molecule has 3 heteroatoms. The summed E-state index contributed by atoms with van der Waals surface area (Å²) in [7, 11) is 4.00. The van der Waals surface area contributed by atoms with Crippen LogP contribution in [0.5, 0.6) is 0 Å². The zero-order chi connectivity index (χ0) is 10.7. The second-order valence-electron chi connectivity index (χ2n) is 4.74. The summed E-state index contributed by atoms with van der Waals surface area (Å²) >= 11 is 0. The molecule has 0 bridgehead atoms. The lowest BCUT2D eigenvalue weighted by atomic mass is 9.84. The minimum absolute atomic E-state index is 0.620. The summed E-state index contributed by atoms with van der Waals surface area (Å²) in [5, 5.41) is 19.5. The van der Waals surface area contributed by atoms with E-state index in [4.69, 9.17) is 0 Å². The molecule has 0 heterocycles. The van der Waals surface area contributed by atoms with Crippen LogP contribution in [-0.2, 0) is 0 Å². The lowest BCUT2D eigenvalue weighted by molar-refractivity contribution is -0.124. The molecule has 0 saturated heterocycles. The van der Waals surface area contributed by atoms with Crippen LogP contribution in [0.4, 0.5) is 0 Å². The maximum absolute atomic E-state index is 9.90. The predicted octanol–water partition coefficient (Wildman–Crippen LogP) is 0.850. The van der Waals surface area contributed by atoms with Gasteiger partial charge in [-0.15, -0.1) is 0 Å². The van der Waals surface area contributed by atoms with Crippen molar-refractivity contribution >= 4 is 0 Å². The average molecular weight is 189 g/mol. The highest BCUT2D eigenvalue weighted by molar-refractivity contribution is 4.89. The molecule has 0 spiro atoms. The summed E-state index contributed by atoms with van der Waals surface area (Å²) in [5.41, 5.74) is -2.03. The van der Waals surface area contributed by atoms with Gasteiger partial charge in [-0.3, -0.25) is 0 Å². The summed E-state index contributed by atoms with van der Waals surface area (Å²) in [5.74, 6) is 0. The van der Waals surface area contributed by atoms with Gasteiger partial charge in [0.05, 0.1) is 11.2 Å². The first-order chi connectivity index (χ1) is 5.67. The fourth-order valence-corrected chi connectivity index (χ4v) is 1.05. The first-order valence-corrected chi connectivity index (χ1v) is 4.76. The second-order valence-corrected chi connectivity index (χ2v) is 4.74. The van der Waals surface area contributed by atoms with Crippen LogP contribution in [0.25, 0.3) is 0 Å². The molecular weight excluding hydrogens is 166 g/mol. The Balaban J connectivity index is 3.90. The van der Waals surface area contributed by atoms with Gasteiger partial charge in [0.2, 0.25) is 0 Å². The van der Waals surface area contributed by atoms with Crippen LogP contribution in [0, 0.1) is 0 Å². The Kier molecular flexibility index (Phi) is 4.36. The number of hydrogen-bond acceptors (Lipinski definition) is 3. The standard InChI is InChI=1S/C10H23NO2/c1-9(2,12)10(3,13)7-6-8-11(4)5/h12-13H,6-8H2,1-5H3. The molecule has 0 amide bonds. The first kappa shape index (κ1) is 12.9. The van der Waals surface area contributed by atoms with Gasteiger partial charge in [-0.05, 0) is 54.3 Å². The molecule has 1 unspecified atom stereocenters. The van der Waals surface area contributed by atoms with Crippen molar-refractivity contribution < 1.29 is 10.2 Å². The molecule has 3 nitrogen and oxygen atoms in total. The first-order valence-electron chi connectivity index (χ1n) is 4.76. The van der Waals surface area contributed by atoms with Gasteiger partial charge in [0, 0.05) is 0 Å². The third kappa shape index (κ3) is 4.60. The lowest BCUT2D eigenvalue weighted by Gasteiger charge is -2.35. The van der Waals surface area contributed by atoms with Gasteiger partial charge in [0.15, 0.2) is 0 Å². The van der Waals surface area contributed by atoms with E-state index in [0.717, 1.165) is 13.0 Å². The van der Waals surface area contributed by atoms with Crippen LogP contribution in [0.15, 0.2) is 0 Å². The third-order valence-electron chi connectivity index (χ3n) is 2.59. The van der Waals surface area contributed by atoms with Gasteiger partial charge in [-0.1, -0.05) is 0 Å². The molecule has 1 atom stereocenters. The fraction of sp³-hybridized carbons (Fsp3) is 1.00. The number of rotatable bonds is 5. The fourth-order valence-electron chi connectivity index (χ4n) is 1.05. The van der Waals surface area contributed by atoms with Crippen LogP contribution in [-0.4, -0.2) is 47.0 Å². The Hall–Kier alpha value is -0.120. The number of aliphatic hydroxyl groups is 2. The van der Waals surface area contributed by atoms with E-state index < -0.39 is 11.2 Å². The quantitative estimate of drug-likeness (QED) is 0.674. The van der Waals surface area contributed by atoms with Gasteiger partial charge in [0.1, 0.15) is 0 Å². The van der Waals surface area contributed by atoms with Crippen molar-refractivity contribution in [1.82, 2.24) is 4.90 Å². The van der Waals surface area contributed by atoms with E-state index in [1.807, 2.05) is 14.1 Å². The smallest absolute Gasteiger partial charge is 0.0900 e. The number of nitrogens with zero attached hydrogens (tertiary/aromatic N) is 1. The molecular formula is C10H23NO2. The molecule has 2 N–H and O–H groups in total. The van der Waals surface area contributed by atoms with Crippen molar-refractivity contribution in [3.63, 3.8) is 0 Å². The molecule has 0 radical (unpaired) electrons. The summed E-state index contributed by atoms with van der Waals surface area (Å²) in [4.78, 5) is 2.07. The van der Waals surface area contributed by atoms with Crippen LogP contribution >= 0.6 is 0 Å². The van der Waals surface area contributed by atoms with Crippen molar-refractivity contribution in [2.45, 2.75) is 44.8 Å². The van der Waals surface area contributed by atoms with Crippen LogP contribution in [0.1, 0.15) is 33.6 Å². The summed E-state index contributed by atoms with van der Waals surface area (Å²) in [6, 6.07) is 0. The predicted molar refractivity (Wildman–Crippen MR) is 54.7 cm³/mol. The molecule has 0 rings (SSSR count). The Morgan fingerprint density at radius 1 is 1.08 bits per heavy atom. The minimum atomic E-state index is -1.03. The molecule has 0 aromatic heterocycles. The second kappa shape index (κ2) is 4.40. The zero-order valence-electron chi connectivity index (χ0n) is 9.46. The molecule has 0 saturated carbocycles. The van der Waals surface area contributed by atoms with E-state index >= 15 is 0 Å². The molecule has 80 valence electrons. The van der Waals surface area contributed by atoms with Crippen LogP contribution < -0.4 is 0 Å². The minimum Gasteiger partial charge on any atom is -0.387 e. The van der Waals surface area contributed by atoms with Gasteiger partial charge in [-0.25, -0.2) is 0 Å². The summed E-state index contributed by atoms with van der Waals surface area (Å²) in [6.07, 6.45) is 1.51. The Morgan fingerprint density at radius 2 is 1.54 bits per heavy atom. The van der Waals surface area contributed by atoms with Gasteiger partial charge in [0.25, 0.3) is 0 Å². The molecule has 13 heavy (non-hydrogen) atoms. The normalized spacial score (nSPS) is 17.5. The highest BCUT2D eigenvalue weighted by Crippen LogP contribution is 2.25. The largest absolute Gasteiger partial charge is 0.387 e. The molecule has 0 fully saturated rings. The van der Waals surface area contributed by atoms with Gasteiger partial charge < -0.3 is 15.1 Å². The van der Waals surface area contributed by atoms with E-state index in [1.54, 1.807) is 20.8 Å². The van der Waals surface area contributed by atoms with Gasteiger partial charge in [-0.2, -0.15) is 0 Å². The van der Waals surface area contributed by atoms with E-state index in [2.05, 4.69) is 4.90 Å². The SMILES string of the molecule is CN(C)CCCC(C)(O)C(C)(C)O. The summed E-state index contributed by atoms with van der Waals surface area (Å²) < 4.78 is 0. The van der Waals surface area contributed by atoms with E-state index in [-0.39, 0.29) is 0 Å².